The van der Waals surface area contributed by atoms with Gasteiger partial charge in [0, 0.05) is 24.8 Å². The maximum absolute atomic E-state index is 14.6. The van der Waals surface area contributed by atoms with Crippen LogP contribution >= 0.6 is 0 Å². The first kappa shape index (κ1) is 24.4. The van der Waals surface area contributed by atoms with Crippen molar-refractivity contribution in [2.24, 2.45) is 5.14 Å². The number of anilines is 4. The molecule has 0 saturated heterocycles. The number of nitrogens with one attached hydrogen (secondary N) is 1. The van der Waals surface area contributed by atoms with E-state index in [4.69, 9.17) is 5.14 Å². The second kappa shape index (κ2) is 9.71. The Bertz CT molecular complexity index is 1220. The maximum Gasteiger partial charge on any atom is 0.389 e. The molecule has 1 heterocycles. The largest absolute Gasteiger partial charge is 0.389 e. The molecule has 1 aromatic heterocycles. The number of hydrogen-bond acceptors (Lipinski definition) is 6. The molecule has 0 aliphatic heterocycles. The molecule has 0 aliphatic carbocycles. The molecule has 12 heteroatoms. The van der Waals surface area contributed by atoms with Crippen LogP contribution in [-0.2, 0) is 10.0 Å². The van der Waals surface area contributed by atoms with E-state index in [1.54, 1.807) is 13.0 Å². The molecule has 0 fully saturated rings. The average Bonchev–Trinajstić information content (AvgIpc) is 2.72. The van der Waals surface area contributed by atoms with Crippen molar-refractivity contribution in [3.63, 3.8) is 0 Å². The van der Waals surface area contributed by atoms with E-state index in [0.29, 0.717) is 5.69 Å². The number of aromatic nitrogens is 2. The van der Waals surface area contributed by atoms with Crippen LogP contribution < -0.4 is 15.4 Å². The Morgan fingerprint density at radius 1 is 1.09 bits per heavy atom. The van der Waals surface area contributed by atoms with Crippen molar-refractivity contribution in [1.82, 2.24) is 9.97 Å². The van der Waals surface area contributed by atoms with Crippen LogP contribution in [0, 0.1) is 12.7 Å². The molecule has 0 saturated carbocycles. The van der Waals surface area contributed by atoms with E-state index in [2.05, 4.69) is 15.3 Å². The van der Waals surface area contributed by atoms with Gasteiger partial charge in [0.25, 0.3) is 0 Å². The van der Waals surface area contributed by atoms with Crippen molar-refractivity contribution < 1.29 is 26.0 Å². The zero-order chi connectivity index (χ0) is 24.2. The number of rotatable bonds is 8. The van der Waals surface area contributed by atoms with Crippen LogP contribution in [0.3, 0.4) is 0 Å². The molecule has 0 spiro atoms. The first-order chi connectivity index (χ1) is 15.4. The van der Waals surface area contributed by atoms with Gasteiger partial charge in [0.1, 0.15) is 11.6 Å². The molecule has 7 nitrogen and oxygen atoms in total. The highest BCUT2D eigenvalue weighted by Gasteiger charge is 2.27. The Morgan fingerprint density at radius 2 is 1.79 bits per heavy atom. The van der Waals surface area contributed by atoms with Gasteiger partial charge in [-0.05, 0) is 61.4 Å². The predicted octanol–water partition coefficient (Wildman–Crippen LogP) is 4.80. The van der Waals surface area contributed by atoms with Crippen LogP contribution in [0.15, 0.2) is 59.6 Å². The van der Waals surface area contributed by atoms with Crippen molar-refractivity contribution in [3.8, 4) is 0 Å². The van der Waals surface area contributed by atoms with Crippen LogP contribution in [0.25, 0.3) is 0 Å². The molecule has 3 rings (SSSR count). The number of halogens is 4. The van der Waals surface area contributed by atoms with Gasteiger partial charge < -0.3 is 10.2 Å². The molecular formula is C21H21F4N5O2S. The lowest BCUT2D eigenvalue weighted by molar-refractivity contribution is -0.134. The SMILES string of the molecule is Cc1ccc(F)c(N(CCCC(F)(F)F)c2ccnc(Nc3ccc(S(N)(=O)=O)cc3)n2)c1. The quantitative estimate of drug-likeness (QED) is 0.447. The first-order valence-electron chi connectivity index (χ1n) is 9.76. The molecular weight excluding hydrogens is 462 g/mol. The summed E-state index contributed by atoms with van der Waals surface area (Å²) in [5, 5.41) is 7.96. The third kappa shape index (κ3) is 6.86. The summed E-state index contributed by atoms with van der Waals surface area (Å²) >= 11 is 0. The number of primary sulfonamides is 1. The van der Waals surface area contributed by atoms with Gasteiger partial charge in [0.15, 0.2) is 0 Å². The minimum Gasteiger partial charge on any atom is -0.324 e. The fraction of sp³-hybridized carbons (Fsp3) is 0.238. The third-order valence-corrected chi connectivity index (χ3v) is 5.52. The van der Waals surface area contributed by atoms with Crippen LogP contribution in [0.5, 0.6) is 0 Å². The van der Waals surface area contributed by atoms with Crippen molar-refractivity contribution in [2.45, 2.75) is 30.8 Å². The van der Waals surface area contributed by atoms with Gasteiger partial charge in [-0.3, -0.25) is 0 Å². The molecule has 0 unspecified atom stereocenters. The predicted molar refractivity (Wildman–Crippen MR) is 117 cm³/mol. The number of sulfonamides is 1. The summed E-state index contributed by atoms with van der Waals surface area (Å²) in [5.41, 5.74) is 1.28. The van der Waals surface area contributed by atoms with Crippen LogP contribution in [0.4, 0.5) is 40.7 Å². The number of alkyl halides is 3. The van der Waals surface area contributed by atoms with Gasteiger partial charge in [0.2, 0.25) is 16.0 Å². The second-order valence-electron chi connectivity index (χ2n) is 7.26. The summed E-state index contributed by atoms with van der Waals surface area (Å²) in [4.78, 5) is 9.68. The Morgan fingerprint density at radius 3 is 2.42 bits per heavy atom. The minimum atomic E-state index is -4.33. The summed E-state index contributed by atoms with van der Waals surface area (Å²) < 4.78 is 75.4. The molecule has 0 aliphatic rings. The molecule has 176 valence electrons. The fourth-order valence-corrected chi connectivity index (χ4v) is 3.56. The smallest absolute Gasteiger partial charge is 0.324 e. The van der Waals surface area contributed by atoms with Gasteiger partial charge in [-0.25, -0.2) is 22.9 Å². The highest BCUT2D eigenvalue weighted by atomic mass is 32.2. The zero-order valence-corrected chi connectivity index (χ0v) is 18.3. The monoisotopic (exact) mass is 483 g/mol. The fourth-order valence-electron chi connectivity index (χ4n) is 3.04. The van der Waals surface area contributed by atoms with Crippen LogP contribution in [-0.4, -0.2) is 31.1 Å². The van der Waals surface area contributed by atoms with Gasteiger partial charge in [0.05, 0.1) is 10.6 Å². The van der Waals surface area contributed by atoms with E-state index >= 15 is 0 Å². The molecule has 0 amide bonds. The molecule has 2 aromatic carbocycles. The molecule has 33 heavy (non-hydrogen) atoms. The van der Waals surface area contributed by atoms with E-state index in [1.807, 2.05) is 0 Å². The summed E-state index contributed by atoms with van der Waals surface area (Å²) in [7, 11) is -3.85. The molecule has 0 bridgehead atoms. The van der Waals surface area contributed by atoms with Crippen molar-refractivity contribution in [3.05, 3.63) is 66.1 Å². The lowest BCUT2D eigenvalue weighted by atomic mass is 10.2. The van der Waals surface area contributed by atoms with Gasteiger partial charge in [-0.1, -0.05) is 6.07 Å². The van der Waals surface area contributed by atoms with Gasteiger partial charge >= 0.3 is 6.18 Å². The van der Waals surface area contributed by atoms with E-state index in [0.717, 1.165) is 5.56 Å². The van der Waals surface area contributed by atoms with Gasteiger partial charge in [-0.2, -0.15) is 18.2 Å². The summed E-state index contributed by atoms with van der Waals surface area (Å²) in [6.07, 6.45) is -4.24. The molecule has 3 N–H and O–H groups in total. The van der Waals surface area contributed by atoms with E-state index in [-0.39, 0.29) is 35.3 Å². The minimum absolute atomic E-state index is 0.0755. The van der Waals surface area contributed by atoms with Crippen molar-refractivity contribution >= 4 is 33.2 Å². The maximum atomic E-state index is 14.6. The summed E-state index contributed by atoms with van der Waals surface area (Å²) in [5.74, 6) is -0.315. The highest BCUT2D eigenvalue weighted by molar-refractivity contribution is 7.89. The third-order valence-electron chi connectivity index (χ3n) is 4.59. The van der Waals surface area contributed by atoms with Gasteiger partial charge in [-0.15, -0.1) is 0 Å². The lowest BCUT2D eigenvalue weighted by Crippen LogP contribution is -2.23. The van der Waals surface area contributed by atoms with Crippen molar-refractivity contribution in [2.75, 3.05) is 16.8 Å². The number of hydrogen-bond donors (Lipinski definition) is 2. The van der Waals surface area contributed by atoms with Crippen LogP contribution in [0.2, 0.25) is 0 Å². The molecule has 3 aromatic rings. The number of nitrogens with two attached hydrogens (primary N) is 1. The number of aryl methyl sites for hydroxylation is 1. The Hall–Kier alpha value is -3.25. The number of benzene rings is 2. The summed E-state index contributed by atoms with van der Waals surface area (Å²) in [6.45, 7) is 1.62. The lowest BCUT2D eigenvalue weighted by Gasteiger charge is -2.25. The second-order valence-corrected chi connectivity index (χ2v) is 8.82. The average molecular weight is 483 g/mol. The first-order valence-corrected chi connectivity index (χ1v) is 11.3. The van der Waals surface area contributed by atoms with Crippen LogP contribution in [0.1, 0.15) is 18.4 Å². The Labute approximate surface area is 188 Å². The topological polar surface area (TPSA) is 101 Å². The highest BCUT2D eigenvalue weighted by Crippen LogP contribution is 2.30. The van der Waals surface area contributed by atoms with E-state index < -0.39 is 28.4 Å². The normalized spacial score (nSPS) is 11.9. The molecule has 0 radical (unpaired) electrons. The van der Waals surface area contributed by atoms with E-state index in [9.17, 15) is 26.0 Å². The van der Waals surface area contributed by atoms with E-state index in [1.165, 1.54) is 53.6 Å². The van der Waals surface area contributed by atoms with Crippen molar-refractivity contribution in [1.29, 1.82) is 0 Å². The Kier molecular flexibility index (Phi) is 7.18. The standard InChI is InChI=1S/C21H21F4N5O2S/c1-14-3-8-17(22)18(13-14)30(12-2-10-21(23,24)25)19-9-11-27-20(29-19)28-15-4-6-16(7-5-15)33(26,31)32/h3-9,11,13H,2,10,12H2,1H3,(H2,26,31,32)(H,27,28,29). The summed E-state index contributed by atoms with van der Waals surface area (Å²) in [6, 6.07) is 11.3. The zero-order valence-electron chi connectivity index (χ0n) is 17.5. The molecule has 0 atom stereocenters. The Balaban J connectivity index is 1.89. The number of nitrogens with zero attached hydrogens (tertiary/aromatic N) is 3.